The molecule has 0 aromatic rings. The second kappa shape index (κ2) is 5.99. The van der Waals surface area contributed by atoms with Gasteiger partial charge in [-0.1, -0.05) is 6.42 Å². The highest BCUT2D eigenvalue weighted by molar-refractivity contribution is 7.90. The van der Waals surface area contributed by atoms with Gasteiger partial charge in [0.1, 0.15) is 0 Å². The SMILES string of the molecule is CC(C(=O)N(C)C)S(=O)(=O)N1CCCCC1CN. The maximum atomic E-state index is 12.4. The summed E-state index contributed by atoms with van der Waals surface area (Å²) in [7, 11) is -0.484. The molecule has 1 aliphatic rings. The molecule has 0 aromatic carbocycles. The van der Waals surface area contributed by atoms with Gasteiger partial charge in [-0.3, -0.25) is 4.79 Å². The summed E-state index contributed by atoms with van der Waals surface area (Å²) < 4.78 is 26.3. The largest absolute Gasteiger partial charge is 0.348 e. The number of nitrogens with two attached hydrogens (primary N) is 1. The van der Waals surface area contributed by atoms with Crippen molar-refractivity contribution >= 4 is 15.9 Å². The minimum atomic E-state index is -3.61. The molecular formula is C11H23N3O3S. The molecular weight excluding hydrogens is 254 g/mol. The van der Waals surface area contributed by atoms with Gasteiger partial charge in [0, 0.05) is 33.2 Å². The Bertz CT molecular complexity index is 394. The van der Waals surface area contributed by atoms with E-state index >= 15 is 0 Å². The van der Waals surface area contributed by atoms with Crippen molar-refractivity contribution in [3.63, 3.8) is 0 Å². The Hall–Kier alpha value is -0.660. The fourth-order valence-electron chi connectivity index (χ4n) is 2.24. The topological polar surface area (TPSA) is 83.7 Å². The highest BCUT2D eigenvalue weighted by atomic mass is 32.2. The Labute approximate surface area is 109 Å². The molecule has 0 radical (unpaired) electrons. The van der Waals surface area contributed by atoms with E-state index in [0.29, 0.717) is 13.1 Å². The summed E-state index contributed by atoms with van der Waals surface area (Å²) in [5.74, 6) is -0.392. The summed E-state index contributed by atoms with van der Waals surface area (Å²) in [6.07, 6.45) is 2.60. The molecule has 1 saturated heterocycles. The standard InChI is InChI=1S/C11H23N3O3S/c1-9(11(15)13(2)3)18(16,17)14-7-5-4-6-10(14)8-12/h9-10H,4-8,12H2,1-3H3. The molecule has 2 atom stereocenters. The number of hydrogen-bond acceptors (Lipinski definition) is 4. The quantitative estimate of drug-likeness (QED) is 0.758. The van der Waals surface area contributed by atoms with Crippen LogP contribution in [-0.2, 0) is 14.8 Å². The van der Waals surface area contributed by atoms with E-state index in [1.807, 2.05) is 0 Å². The van der Waals surface area contributed by atoms with Gasteiger partial charge in [0.2, 0.25) is 15.9 Å². The molecule has 18 heavy (non-hydrogen) atoms. The summed E-state index contributed by atoms with van der Waals surface area (Å²) in [5, 5.41) is -1.04. The van der Waals surface area contributed by atoms with Crippen LogP contribution in [0.25, 0.3) is 0 Å². The number of piperidine rings is 1. The average Bonchev–Trinajstić information content (AvgIpc) is 2.36. The van der Waals surface area contributed by atoms with Crippen molar-refractivity contribution in [1.29, 1.82) is 0 Å². The molecule has 1 rings (SSSR count). The summed E-state index contributed by atoms with van der Waals surface area (Å²) in [5.41, 5.74) is 5.62. The lowest BCUT2D eigenvalue weighted by atomic mass is 10.1. The van der Waals surface area contributed by atoms with Gasteiger partial charge in [0.15, 0.2) is 5.25 Å². The van der Waals surface area contributed by atoms with E-state index in [0.717, 1.165) is 19.3 Å². The number of sulfonamides is 1. The highest BCUT2D eigenvalue weighted by Gasteiger charge is 2.38. The molecule has 1 fully saturated rings. The Morgan fingerprint density at radius 3 is 2.56 bits per heavy atom. The lowest BCUT2D eigenvalue weighted by Crippen LogP contribution is -2.52. The van der Waals surface area contributed by atoms with E-state index in [9.17, 15) is 13.2 Å². The zero-order valence-corrected chi connectivity index (χ0v) is 12.1. The summed E-state index contributed by atoms with van der Waals surface area (Å²) in [4.78, 5) is 13.1. The van der Waals surface area contributed by atoms with Crippen LogP contribution >= 0.6 is 0 Å². The smallest absolute Gasteiger partial charge is 0.241 e. The van der Waals surface area contributed by atoms with Gasteiger partial charge in [0.25, 0.3) is 0 Å². The van der Waals surface area contributed by atoms with Crippen molar-refractivity contribution < 1.29 is 13.2 Å². The summed E-state index contributed by atoms with van der Waals surface area (Å²) in [6.45, 7) is 2.22. The minimum absolute atomic E-state index is 0.166. The molecule has 1 amide bonds. The van der Waals surface area contributed by atoms with Crippen LogP contribution in [-0.4, -0.2) is 62.0 Å². The third-order valence-electron chi connectivity index (χ3n) is 3.41. The Balaban J connectivity index is 2.94. The highest BCUT2D eigenvalue weighted by Crippen LogP contribution is 2.22. The predicted molar refractivity (Wildman–Crippen MR) is 70.5 cm³/mol. The van der Waals surface area contributed by atoms with E-state index in [-0.39, 0.29) is 6.04 Å². The fourth-order valence-corrected chi connectivity index (χ4v) is 4.10. The van der Waals surface area contributed by atoms with Crippen LogP contribution in [0.5, 0.6) is 0 Å². The molecule has 2 unspecified atom stereocenters. The first-order chi connectivity index (χ1) is 8.32. The third kappa shape index (κ3) is 3.02. The zero-order chi connectivity index (χ0) is 13.9. The maximum absolute atomic E-state index is 12.4. The van der Waals surface area contributed by atoms with E-state index in [4.69, 9.17) is 5.73 Å². The number of carbonyl (C=O) groups is 1. The zero-order valence-electron chi connectivity index (χ0n) is 11.3. The van der Waals surface area contributed by atoms with Crippen LogP contribution < -0.4 is 5.73 Å². The van der Waals surface area contributed by atoms with Crippen LogP contribution in [0.1, 0.15) is 26.2 Å². The molecule has 2 N–H and O–H groups in total. The monoisotopic (exact) mass is 277 g/mol. The molecule has 7 heteroatoms. The van der Waals surface area contributed by atoms with Gasteiger partial charge in [-0.15, -0.1) is 0 Å². The number of hydrogen-bond donors (Lipinski definition) is 1. The first kappa shape index (κ1) is 15.4. The summed E-state index contributed by atoms with van der Waals surface area (Å²) >= 11 is 0. The van der Waals surface area contributed by atoms with Crippen LogP contribution in [0.15, 0.2) is 0 Å². The molecule has 106 valence electrons. The molecule has 1 heterocycles. The van der Waals surface area contributed by atoms with E-state index in [1.165, 1.54) is 16.1 Å². The van der Waals surface area contributed by atoms with Gasteiger partial charge >= 0.3 is 0 Å². The normalized spacial score (nSPS) is 23.7. The molecule has 0 saturated carbocycles. The summed E-state index contributed by atoms with van der Waals surface area (Å²) in [6, 6.07) is -0.166. The Morgan fingerprint density at radius 1 is 1.44 bits per heavy atom. The first-order valence-electron chi connectivity index (χ1n) is 6.24. The van der Waals surface area contributed by atoms with E-state index in [2.05, 4.69) is 0 Å². The molecule has 1 aliphatic heterocycles. The number of amides is 1. The predicted octanol–water partition coefficient (Wildman–Crippen LogP) is -0.394. The maximum Gasteiger partial charge on any atom is 0.241 e. The van der Waals surface area contributed by atoms with Crippen molar-refractivity contribution in [3.8, 4) is 0 Å². The second-order valence-corrected chi connectivity index (χ2v) is 7.12. The van der Waals surface area contributed by atoms with Crippen molar-refractivity contribution in [2.24, 2.45) is 5.73 Å². The van der Waals surface area contributed by atoms with Gasteiger partial charge < -0.3 is 10.6 Å². The van der Waals surface area contributed by atoms with Gasteiger partial charge in [0.05, 0.1) is 0 Å². The van der Waals surface area contributed by atoms with Gasteiger partial charge in [-0.05, 0) is 19.8 Å². The van der Waals surface area contributed by atoms with Crippen LogP contribution in [0, 0.1) is 0 Å². The Morgan fingerprint density at radius 2 is 2.06 bits per heavy atom. The minimum Gasteiger partial charge on any atom is -0.348 e. The van der Waals surface area contributed by atoms with Gasteiger partial charge in [-0.25, -0.2) is 8.42 Å². The number of rotatable bonds is 4. The van der Waals surface area contributed by atoms with Crippen molar-refractivity contribution in [2.75, 3.05) is 27.2 Å². The molecule has 0 bridgehead atoms. The fraction of sp³-hybridized carbons (Fsp3) is 0.909. The van der Waals surface area contributed by atoms with Crippen molar-refractivity contribution in [3.05, 3.63) is 0 Å². The van der Waals surface area contributed by atoms with Crippen molar-refractivity contribution in [1.82, 2.24) is 9.21 Å². The average molecular weight is 277 g/mol. The molecule has 6 nitrogen and oxygen atoms in total. The molecule has 0 aliphatic carbocycles. The van der Waals surface area contributed by atoms with Crippen LogP contribution in [0.4, 0.5) is 0 Å². The van der Waals surface area contributed by atoms with E-state index < -0.39 is 21.2 Å². The van der Waals surface area contributed by atoms with Gasteiger partial charge in [-0.2, -0.15) is 4.31 Å². The van der Waals surface area contributed by atoms with E-state index in [1.54, 1.807) is 14.1 Å². The molecule has 0 aromatic heterocycles. The third-order valence-corrected chi connectivity index (χ3v) is 5.64. The molecule has 0 spiro atoms. The number of carbonyl (C=O) groups excluding carboxylic acids is 1. The second-order valence-electron chi connectivity index (χ2n) is 4.92. The Kier molecular flexibility index (Phi) is 5.12. The van der Waals surface area contributed by atoms with Crippen LogP contribution in [0.3, 0.4) is 0 Å². The van der Waals surface area contributed by atoms with Crippen LogP contribution in [0.2, 0.25) is 0 Å². The lowest BCUT2D eigenvalue weighted by molar-refractivity contribution is -0.128. The first-order valence-corrected chi connectivity index (χ1v) is 7.74. The number of nitrogens with zero attached hydrogens (tertiary/aromatic N) is 2. The van der Waals surface area contributed by atoms with Crippen molar-refractivity contribution in [2.45, 2.75) is 37.5 Å². The lowest BCUT2D eigenvalue weighted by Gasteiger charge is -2.35.